The van der Waals surface area contributed by atoms with Gasteiger partial charge in [0.2, 0.25) is 11.8 Å². The van der Waals surface area contributed by atoms with Crippen LogP contribution in [0.1, 0.15) is 26.2 Å². The molecule has 1 aliphatic heterocycles. The van der Waals surface area contributed by atoms with Gasteiger partial charge in [-0.15, -0.1) is 0 Å². The van der Waals surface area contributed by atoms with Gasteiger partial charge in [0.25, 0.3) is 0 Å². The van der Waals surface area contributed by atoms with Gasteiger partial charge in [-0.3, -0.25) is 9.59 Å². The van der Waals surface area contributed by atoms with Crippen molar-refractivity contribution in [2.45, 2.75) is 26.2 Å². The van der Waals surface area contributed by atoms with Crippen molar-refractivity contribution >= 4 is 17.9 Å². The number of imide groups is 3. The number of likely N-dealkylation sites (tertiary alicyclic amines) is 1. The quantitative estimate of drug-likeness (QED) is 0.745. The maximum Gasteiger partial charge on any atom is 0.429 e. The fourth-order valence-corrected chi connectivity index (χ4v) is 3.20. The molecule has 5 heteroatoms. The van der Waals surface area contributed by atoms with Crippen molar-refractivity contribution in [2.24, 2.45) is 17.8 Å². The lowest BCUT2D eigenvalue weighted by Crippen LogP contribution is -2.39. The van der Waals surface area contributed by atoms with Crippen LogP contribution in [0.4, 0.5) is 4.79 Å². The largest absolute Gasteiger partial charge is 0.429 e. The van der Waals surface area contributed by atoms with Crippen molar-refractivity contribution in [1.29, 1.82) is 0 Å². The Morgan fingerprint density at radius 1 is 1.10 bits per heavy atom. The molecule has 1 aliphatic carbocycles. The number of carbonyl (C=O) groups is 3. The first kappa shape index (κ1) is 13.8. The molecular formula is C16H17NO4. The lowest BCUT2D eigenvalue weighted by atomic mass is 9.76. The summed E-state index contributed by atoms with van der Waals surface area (Å²) >= 11 is 0. The van der Waals surface area contributed by atoms with Crippen LogP contribution < -0.4 is 4.74 Å². The summed E-state index contributed by atoms with van der Waals surface area (Å²) in [5.74, 6) is -0.781. The van der Waals surface area contributed by atoms with Gasteiger partial charge in [-0.05, 0) is 37.3 Å². The molecule has 5 nitrogen and oxygen atoms in total. The standard InChI is InChI=1S/C16H17NO4/c1-10-7-8-12-13(9-10)15(19)17(14(12)18)16(20)21-11-5-3-2-4-6-11/h2-6,10,12-13H,7-9H2,1H3. The van der Waals surface area contributed by atoms with Gasteiger partial charge in [0.05, 0.1) is 11.8 Å². The van der Waals surface area contributed by atoms with E-state index in [0.29, 0.717) is 29.4 Å². The third kappa shape index (κ3) is 2.44. The van der Waals surface area contributed by atoms with E-state index < -0.39 is 17.9 Å². The third-order valence-electron chi connectivity index (χ3n) is 4.32. The number of hydrogen-bond donors (Lipinski definition) is 0. The van der Waals surface area contributed by atoms with E-state index in [0.717, 1.165) is 6.42 Å². The molecule has 1 saturated heterocycles. The molecule has 110 valence electrons. The summed E-state index contributed by atoms with van der Waals surface area (Å²) in [5.41, 5.74) is 0. The average molecular weight is 287 g/mol. The van der Waals surface area contributed by atoms with E-state index in [2.05, 4.69) is 6.92 Å². The third-order valence-corrected chi connectivity index (χ3v) is 4.32. The number of nitrogens with zero attached hydrogens (tertiary/aromatic N) is 1. The Morgan fingerprint density at radius 2 is 1.76 bits per heavy atom. The van der Waals surface area contributed by atoms with Crippen LogP contribution in [0.25, 0.3) is 0 Å². The molecule has 3 unspecified atom stereocenters. The highest BCUT2D eigenvalue weighted by atomic mass is 16.6. The normalized spacial score (nSPS) is 28.4. The molecule has 3 amide bonds. The van der Waals surface area contributed by atoms with E-state index in [9.17, 15) is 14.4 Å². The molecule has 3 rings (SSSR count). The zero-order chi connectivity index (χ0) is 15.0. The predicted molar refractivity (Wildman–Crippen MR) is 74.3 cm³/mol. The van der Waals surface area contributed by atoms with E-state index in [-0.39, 0.29) is 11.8 Å². The summed E-state index contributed by atoms with van der Waals surface area (Å²) in [4.78, 5) is 37.4. The Kier molecular flexibility index (Phi) is 3.49. The zero-order valence-corrected chi connectivity index (χ0v) is 11.8. The highest BCUT2D eigenvalue weighted by molar-refractivity contribution is 6.15. The molecule has 1 saturated carbocycles. The maximum absolute atomic E-state index is 12.3. The number of benzene rings is 1. The molecule has 0 spiro atoms. The number of amides is 3. The molecule has 0 bridgehead atoms. The number of ether oxygens (including phenoxy) is 1. The first-order valence-electron chi connectivity index (χ1n) is 7.22. The monoisotopic (exact) mass is 287 g/mol. The first-order chi connectivity index (χ1) is 10.1. The molecule has 1 aromatic carbocycles. The van der Waals surface area contributed by atoms with Crippen molar-refractivity contribution < 1.29 is 19.1 Å². The van der Waals surface area contributed by atoms with Crippen molar-refractivity contribution in [3.8, 4) is 5.75 Å². The van der Waals surface area contributed by atoms with Crippen molar-refractivity contribution in [1.82, 2.24) is 4.90 Å². The Balaban J connectivity index is 1.77. The summed E-state index contributed by atoms with van der Waals surface area (Å²) in [6.07, 6.45) is 1.37. The summed E-state index contributed by atoms with van der Waals surface area (Å²) in [7, 11) is 0. The van der Waals surface area contributed by atoms with Crippen LogP contribution >= 0.6 is 0 Å². The number of rotatable bonds is 1. The molecule has 1 aromatic rings. The van der Waals surface area contributed by atoms with Gasteiger partial charge < -0.3 is 4.74 Å². The van der Waals surface area contributed by atoms with Gasteiger partial charge in [-0.25, -0.2) is 4.79 Å². The van der Waals surface area contributed by atoms with Gasteiger partial charge in [-0.2, -0.15) is 4.90 Å². The molecule has 2 fully saturated rings. The lowest BCUT2D eigenvalue weighted by Gasteiger charge is -2.25. The van der Waals surface area contributed by atoms with Gasteiger partial charge in [0, 0.05) is 0 Å². The lowest BCUT2D eigenvalue weighted by molar-refractivity contribution is -0.136. The molecule has 0 N–H and O–H groups in total. The van der Waals surface area contributed by atoms with Crippen LogP contribution in [0.3, 0.4) is 0 Å². The summed E-state index contributed by atoms with van der Waals surface area (Å²) in [6.45, 7) is 2.07. The fraction of sp³-hybridized carbons (Fsp3) is 0.438. The molecule has 3 atom stereocenters. The van der Waals surface area contributed by atoms with Crippen molar-refractivity contribution in [2.75, 3.05) is 0 Å². The minimum absolute atomic E-state index is 0.325. The SMILES string of the molecule is CC1CCC2C(=O)N(C(=O)Oc3ccccc3)C(=O)C2C1. The molecule has 1 heterocycles. The minimum Gasteiger partial charge on any atom is -0.410 e. The fourth-order valence-electron chi connectivity index (χ4n) is 3.20. The van der Waals surface area contributed by atoms with E-state index in [1.165, 1.54) is 0 Å². The topological polar surface area (TPSA) is 63.7 Å². The smallest absolute Gasteiger partial charge is 0.410 e. The molecule has 0 aromatic heterocycles. The Hall–Kier alpha value is -2.17. The van der Waals surface area contributed by atoms with Gasteiger partial charge in [0.15, 0.2) is 0 Å². The summed E-state index contributed by atoms with van der Waals surface area (Å²) < 4.78 is 5.12. The number of fused-ring (bicyclic) bond motifs is 1. The zero-order valence-electron chi connectivity index (χ0n) is 11.8. The van der Waals surface area contributed by atoms with Gasteiger partial charge in [0.1, 0.15) is 5.75 Å². The van der Waals surface area contributed by atoms with Crippen molar-refractivity contribution in [3.05, 3.63) is 30.3 Å². The van der Waals surface area contributed by atoms with Gasteiger partial charge in [-0.1, -0.05) is 25.1 Å². The number of hydrogen-bond acceptors (Lipinski definition) is 4. The summed E-state index contributed by atoms with van der Waals surface area (Å²) in [5, 5.41) is 0. The highest BCUT2D eigenvalue weighted by Gasteiger charge is 2.52. The number of carbonyl (C=O) groups excluding carboxylic acids is 3. The van der Waals surface area contributed by atoms with Crippen LogP contribution in [0.15, 0.2) is 30.3 Å². The van der Waals surface area contributed by atoms with Crippen LogP contribution in [0, 0.1) is 17.8 Å². The minimum atomic E-state index is -0.891. The van der Waals surface area contributed by atoms with Crippen LogP contribution in [0.5, 0.6) is 5.75 Å². The Bertz CT molecular complexity index is 583. The van der Waals surface area contributed by atoms with Crippen molar-refractivity contribution in [3.63, 3.8) is 0 Å². The number of para-hydroxylation sites is 1. The van der Waals surface area contributed by atoms with Crippen LogP contribution in [0.2, 0.25) is 0 Å². The van der Waals surface area contributed by atoms with E-state index in [4.69, 9.17) is 4.74 Å². The predicted octanol–water partition coefficient (Wildman–Crippen LogP) is 2.61. The average Bonchev–Trinajstić information content (AvgIpc) is 2.71. The Morgan fingerprint density at radius 3 is 2.48 bits per heavy atom. The van der Waals surface area contributed by atoms with E-state index in [1.807, 2.05) is 0 Å². The molecule has 2 aliphatic rings. The van der Waals surface area contributed by atoms with Crippen LogP contribution in [-0.4, -0.2) is 22.8 Å². The van der Waals surface area contributed by atoms with Gasteiger partial charge >= 0.3 is 6.09 Å². The van der Waals surface area contributed by atoms with Crippen LogP contribution in [-0.2, 0) is 9.59 Å². The Labute approximate surface area is 122 Å². The highest BCUT2D eigenvalue weighted by Crippen LogP contribution is 2.40. The summed E-state index contributed by atoms with van der Waals surface area (Å²) in [6, 6.07) is 8.45. The maximum atomic E-state index is 12.3. The van der Waals surface area contributed by atoms with E-state index >= 15 is 0 Å². The molecule has 0 radical (unpaired) electrons. The second-order valence-corrected chi connectivity index (χ2v) is 5.82. The molecular weight excluding hydrogens is 270 g/mol. The first-order valence-corrected chi connectivity index (χ1v) is 7.22. The molecule has 21 heavy (non-hydrogen) atoms. The van der Waals surface area contributed by atoms with E-state index in [1.54, 1.807) is 30.3 Å². The second kappa shape index (κ2) is 5.31. The second-order valence-electron chi connectivity index (χ2n) is 5.82.